The van der Waals surface area contributed by atoms with Crippen molar-refractivity contribution in [2.45, 2.75) is 13.0 Å². The van der Waals surface area contributed by atoms with Crippen LogP contribution in [-0.2, 0) is 6.54 Å². The van der Waals surface area contributed by atoms with Crippen molar-refractivity contribution in [3.05, 3.63) is 40.4 Å². The van der Waals surface area contributed by atoms with Gasteiger partial charge >= 0.3 is 5.82 Å². The quantitative estimate of drug-likeness (QED) is 0.514. The smallest absolute Gasteiger partial charge is 0.358 e. The maximum atomic E-state index is 11.3. The highest BCUT2D eigenvalue weighted by molar-refractivity contribution is 7.15. The van der Waals surface area contributed by atoms with E-state index in [1.807, 2.05) is 22.7 Å². The minimum absolute atomic E-state index is 0.0244. The number of hydrogen-bond donors (Lipinski definition) is 0. The molecule has 0 aromatic carbocycles. The van der Waals surface area contributed by atoms with Gasteiger partial charge in [0.2, 0.25) is 5.82 Å². The van der Waals surface area contributed by atoms with Gasteiger partial charge in [-0.05, 0) is 11.3 Å². The molecule has 0 aliphatic rings. The van der Waals surface area contributed by atoms with E-state index in [4.69, 9.17) is 0 Å². The molecule has 0 saturated heterocycles. The fourth-order valence-corrected chi connectivity index (χ4v) is 2.91. The number of thiazole rings is 1. The predicted octanol–water partition coefficient (Wildman–Crippen LogP) is 2.03. The summed E-state index contributed by atoms with van der Waals surface area (Å²) in [4.78, 5) is 21.7. The van der Waals surface area contributed by atoms with Gasteiger partial charge in [-0.25, -0.2) is 4.98 Å². The third-order valence-electron chi connectivity index (χ3n) is 3.22. The molecular weight excluding hydrogens is 292 g/mol. The lowest BCUT2D eigenvalue weighted by atomic mass is 10.4. The molecule has 110 valence electrons. The Labute approximate surface area is 124 Å². The molecule has 0 spiro atoms. The monoisotopic (exact) mass is 306 g/mol. The van der Waals surface area contributed by atoms with E-state index in [2.05, 4.69) is 9.97 Å². The zero-order valence-corrected chi connectivity index (χ0v) is 12.2. The van der Waals surface area contributed by atoms with E-state index in [0.717, 1.165) is 13.0 Å². The normalized spacial score (nSPS) is 11.1. The van der Waals surface area contributed by atoms with Gasteiger partial charge in [0, 0.05) is 37.9 Å². The highest BCUT2D eigenvalue weighted by Crippen LogP contribution is 2.30. The van der Waals surface area contributed by atoms with Crippen LogP contribution >= 0.6 is 11.3 Å². The SMILES string of the molecule is CN(CCCn1ccnc1)c1nc2sccn2c1[N+](=O)[O-]. The lowest BCUT2D eigenvalue weighted by Gasteiger charge is -2.15. The molecule has 8 nitrogen and oxygen atoms in total. The molecule has 0 fully saturated rings. The van der Waals surface area contributed by atoms with Crippen molar-refractivity contribution in [1.82, 2.24) is 18.9 Å². The summed E-state index contributed by atoms with van der Waals surface area (Å²) >= 11 is 1.39. The van der Waals surface area contributed by atoms with E-state index in [1.165, 1.54) is 15.7 Å². The van der Waals surface area contributed by atoms with Gasteiger partial charge in [0.15, 0.2) is 0 Å². The van der Waals surface area contributed by atoms with Crippen molar-refractivity contribution in [3.63, 3.8) is 0 Å². The van der Waals surface area contributed by atoms with Crippen LogP contribution in [0, 0.1) is 10.1 Å². The van der Waals surface area contributed by atoms with Crippen molar-refractivity contribution in [1.29, 1.82) is 0 Å². The van der Waals surface area contributed by atoms with Crippen LogP contribution in [0.1, 0.15) is 6.42 Å². The lowest BCUT2D eigenvalue weighted by Crippen LogP contribution is -2.21. The third-order valence-corrected chi connectivity index (χ3v) is 3.98. The largest absolute Gasteiger partial charge is 0.373 e. The van der Waals surface area contributed by atoms with E-state index in [-0.39, 0.29) is 10.7 Å². The molecular formula is C12H14N6O2S. The molecule has 3 aromatic rings. The lowest BCUT2D eigenvalue weighted by molar-refractivity contribution is -0.389. The Morgan fingerprint density at radius 3 is 3.05 bits per heavy atom. The Bertz CT molecular complexity index is 747. The molecule has 0 aliphatic carbocycles. The number of anilines is 1. The second kappa shape index (κ2) is 5.52. The van der Waals surface area contributed by atoms with Gasteiger partial charge in [-0.15, -0.1) is 0 Å². The molecule has 0 aliphatic heterocycles. The van der Waals surface area contributed by atoms with Crippen molar-refractivity contribution in [2.24, 2.45) is 0 Å². The Morgan fingerprint density at radius 2 is 2.33 bits per heavy atom. The van der Waals surface area contributed by atoms with Crippen LogP contribution in [0.4, 0.5) is 11.6 Å². The van der Waals surface area contributed by atoms with Gasteiger partial charge in [-0.3, -0.25) is 0 Å². The number of nitro groups is 1. The average Bonchev–Trinajstić information content (AvgIpc) is 3.13. The van der Waals surface area contributed by atoms with Gasteiger partial charge < -0.3 is 19.6 Å². The van der Waals surface area contributed by atoms with E-state index in [0.29, 0.717) is 17.3 Å². The van der Waals surface area contributed by atoms with Crippen LogP contribution in [-0.4, -0.2) is 37.5 Å². The highest BCUT2D eigenvalue weighted by Gasteiger charge is 2.25. The average molecular weight is 306 g/mol. The molecule has 0 radical (unpaired) electrons. The summed E-state index contributed by atoms with van der Waals surface area (Å²) in [5.74, 6) is 0.439. The first-order valence-electron chi connectivity index (χ1n) is 6.43. The summed E-state index contributed by atoms with van der Waals surface area (Å²) < 4.78 is 3.50. The van der Waals surface area contributed by atoms with Crippen molar-refractivity contribution >= 4 is 27.9 Å². The first-order chi connectivity index (χ1) is 10.2. The van der Waals surface area contributed by atoms with Crippen LogP contribution in [0.2, 0.25) is 0 Å². The number of rotatable bonds is 6. The van der Waals surface area contributed by atoms with Gasteiger partial charge in [-0.2, -0.15) is 9.38 Å². The maximum absolute atomic E-state index is 11.3. The molecule has 3 rings (SSSR count). The minimum Gasteiger partial charge on any atom is -0.358 e. The molecule has 3 heterocycles. The highest BCUT2D eigenvalue weighted by atomic mass is 32.1. The van der Waals surface area contributed by atoms with Crippen LogP contribution < -0.4 is 4.90 Å². The van der Waals surface area contributed by atoms with E-state index in [9.17, 15) is 10.1 Å². The van der Waals surface area contributed by atoms with Crippen molar-refractivity contribution in [2.75, 3.05) is 18.5 Å². The van der Waals surface area contributed by atoms with Crippen LogP contribution in [0.15, 0.2) is 30.3 Å². The Morgan fingerprint density at radius 1 is 1.48 bits per heavy atom. The van der Waals surface area contributed by atoms with Crippen LogP contribution in [0.5, 0.6) is 0 Å². The molecule has 21 heavy (non-hydrogen) atoms. The topological polar surface area (TPSA) is 81.5 Å². The molecule has 0 N–H and O–H groups in total. The first-order valence-corrected chi connectivity index (χ1v) is 7.31. The Hall–Kier alpha value is -2.42. The van der Waals surface area contributed by atoms with Crippen LogP contribution in [0.25, 0.3) is 4.96 Å². The van der Waals surface area contributed by atoms with Gasteiger partial charge in [0.1, 0.15) is 6.20 Å². The van der Waals surface area contributed by atoms with Gasteiger partial charge in [0.25, 0.3) is 4.96 Å². The number of imidazole rings is 2. The molecule has 0 unspecified atom stereocenters. The maximum Gasteiger partial charge on any atom is 0.373 e. The molecule has 3 aromatic heterocycles. The number of aromatic nitrogens is 4. The van der Waals surface area contributed by atoms with Gasteiger partial charge in [0.05, 0.1) is 6.33 Å². The second-order valence-corrected chi connectivity index (χ2v) is 5.52. The summed E-state index contributed by atoms with van der Waals surface area (Å²) in [6.45, 7) is 1.50. The van der Waals surface area contributed by atoms with E-state index in [1.54, 1.807) is 24.1 Å². The summed E-state index contributed by atoms with van der Waals surface area (Å²) in [5.41, 5.74) is 0. The van der Waals surface area contributed by atoms with E-state index >= 15 is 0 Å². The fraction of sp³-hybridized carbons (Fsp3) is 0.333. The standard InChI is InChI=1S/C12H14N6O2S/c1-15(4-2-5-16-6-3-13-9-16)10-11(18(19)20)17-7-8-21-12(17)14-10/h3,6-9H,2,4-5H2,1H3. The number of fused-ring (bicyclic) bond motifs is 1. The summed E-state index contributed by atoms with van der Waals surface area (Å²) in [6.07, 6.45) is 7.92. The van der Waals surface area contributed by atoms with Gasteiger partial charge in [-0.1, -0.05) is 11.3 Å². The third kappa shape index (κ3) is 2.59. The Balaban J connectivity index is 1.74. The second-order valence-electron chi connectivity index (χ2n) is 4.65. The summed E-state index contributed by atoms with van der Waals surface area (Å²) in [5, 5.41) is 13.1. The minimum atomic E-state index is -0.381. The van der Waals surface area contributed by atoms with Crippen molar-refractivity contribution in [3.8, 4) is 0 Å². The van der Waals surface area contributed by atoms with Crippen molar-refractivity contribution < 1.29 is 4.92 Å². The number of hydrogen-bond acceptors (Lipinski definition) is 6. The predicted molar refractivity (Wildman–Crippen MR) is 79.8 cm³/mol. The first kappa shape index (κ1) is 13.6. The zero-order chi connectivity index (χ0) is 14.8. The summed E-state index contributed by atoms with van der Waals surface area (Å²) in [6, 6.07) is 0. The Kier molecular flexibility index (Phi) is 3.57. The van der Waals surface area contributed by atoms with E-state index < -0.39 is 0 Å². The number of nitrogens with zero attached hydrogens (tertiary/aromatic N) is 6. The molecule has 0 bridgehead atoms. The molecule has 0 atom stereocenters. The molecule has 9 heteroatoms. The molecule has 0 amide bonds. The fourth-order valence-electron chi connectivity index (χ4n) is 2.20. The van der Waals surface area contributed by atoms with Crippen LogP contribution in [0.3, 0.4) is 0 Å². The summed E-state index contributed by atoms with van der Waals surface area (Å²) in [7, 11) is 1.83. The number of aryl methyl sites for hydroxylation is 1. The molecule has 0 saturated carbocycles. The zero-order valence-electron chi connectivity index (χ0n) is 11.4.